The summed E-state index contributed by atoms with van der Waals surface area (Å²) in [6, 6.07) is 0.659. The Morgan fingerprint density at radius 2 is 2.14 bits per heavy atom. The minimum Gasteiger partial charge on any atom is -0.396 e. The molecule has 1 aliphatic heterocycles. The van der Waals surface area contributed by atoms with Gasteiger partial charge in [-0.15, -0.1) is 0 Å². The van der Waals surface area contributed by atoms with Crippen LogP contribution in [0.1, 0.15) is 32.6 Å². The molecular weight excluding hydrogens is 178 g/mol. The predicted molar refractivity (Wildman–Crippen MR) is 57.4 cm³/mol. The summed E-state index contributed by atoms with van der Waals surface area (Å²) in [5.74, 6) is 0. The Morgan fingerprint density at radius 3 is 2.93 bits per heavy atom. The zero-order valence-corrected chi connectivity index (χ0v) is 9.24. The van der Waals surface area contributed by atoms with Gasteiger partial charge in [0.05, 0.1) is 6.61 Å². The van der Waals surface area contributed by atoms with Crippen LogP contribution in [-0.2, 0) is 4.74 Å². The number of rotatable bonds is 5. The Balaban J connectivity index is 2.13. The molecule has 1 atom stereocenters. The van der Waals surface area contributed by atoms with Crippen molar-refractivity contribution in [1.29, 1.82) is 0 Å². The van der Waals surface area contributed by atoms with Gasteiger partial charge in [-0.25, -0.2) is 0 Å². The molecule has 1 fully saturated rings. The summed E-state index contributed by atoms with van der Waals surface area (Å²) in [6.07, 6.45) is 4.43. The van der Waals surface area contributed by atoms with Crippen molar-refractivity contribution in [3.63, 3.8) is 0 Å². The van der Waals surface area contributed by atoms with Crippen LogP contribution in [-0.4, -0.2) is 49.0 Å². The molecule has 1 saturated heterocycles. The summed E-state index contributed by atoms with van der Waals surface area (Å²) in [6.45, 7) is 6.63. The van der Waals surface area contributed by atoms with Crippen molar-refractivity contribution in [2.45, 2.75) is 38.6 Å². The van der Waals surface area contributed by atoms with E-state index in [4.69, 9.17) is 9.84 Å². The topological polar surface area (TPSA) is 32.7 Å². The molecule has 3 nitrogen and oxygen atoms in total. The van der Waals surface area contributed by atoms with Crippen molar-refractivity contribution >= 4 is 0 Å². The van der Waals surface area contributed by atoms with Crippen molar-refractivity contribution < 1.29 is 9.84 Å². The van der Waals surface area contributed by atoms with E-state index in [9.17, 15) is 0 Å². The largest absolute Gasteiger partial charge is 0.396 e. The Labute approximate surface area is 87.1 Å². The van der Waals surface area contributed by atoms with E-state index in [0.717, 1.165) is 45.6 Å². The van der Waals surface area contributed by atoms with E-state index in [0.29, 0.717) is 12.6 Å². The molecule has 0 spiro atoms. The molecule has 1 rings (SSSR count). The Hall–Kier alpha value is -0.120. The van der Waals surface area contributed by atoms with E-state index in [1.54, 1.807) is 0 Å². The van der Waals surface area contributed by atoms with Crippen molar-refractivity contribution in [1.82, 2.24) is 4.90 Å². The van der Waals surface area contributed by atoms with Gasteiger partial charge < -0.3 is 9.84 Å². The van der Waals surface area contributed by atoms with Crippen LogP contribution >= 0.6 is 0 Å². The van der Waals surface area contributed by atoms with Crippen molar-refractivity contribution in [3.8, 4) is 0 Å². The highest BCUT2D eigenvalue weighted by Crippen LogP contribution is 2.09. The molecule has 0 amide bonds. The van der Waals surface area contributed by atoms with Crippen LogP contribution in [0, 0.1) is 0 Å². The molecule has 0 aromatic heterocycles. The van der Waals surface area contributed by atoms with E-state index in [1.165, 1.54) is 6.42 Å². The molecule has 14 heavy (non-hydrogen) atoms. The lowest BCUT2D eigenvalue weighted by Crippen LogP contribution is -2.34. The van der Waals surface area contributed by atoms with Gasteiger partial charge in [0, 0.05) is 25.8 Å². The van der Waals surface area contributed by atoms with Crippen LogP contribution < -0.4 is 0 Å². The quantitative estimate of drug-likeness (QED) is 0.680. The first kappa shape index (κ1) is 12.0. The van der Waals surface area contributed by atoms with Gasteiger partial charge in [-0.3, -0.25) is 4.90 Å². The lowest BCUT2D eigenvalue weighted by atomic mass is 10.2. The molecule has 1 N–H and O–H groups in total. The fourth-order valence-electron chi connectivity index (χ4n) is 1.88. The zero-order valence-electron chi connectivity index (χ0n) is 9.24. The fraction of sp³-hybridized carbons (Fsp3) is 1.00. The molecule has 0 aromatic carbocycles. The number of aliphatic hydroxyl groups is 1. The van der Waals surface area contributed by atoms with Gasteiger partial charge in [0.2, 0.25) is 0 Å². The molecule has 1 heterocycles. The third kappa shape index (κ3) is 4.40. The Bertz CT molecular complexity index is 141. The number of hydrogen-bond acceptors (Lipinski definition) is 3. The van der Waals surface area contributed by atoms with Crippen LogP contribution in [0.25, 0.3) is 0 Å². The minimum atomic E-state index is 0.332. The third-order valence-corrected chi connectivity index (χ3v) is 2.93. The SMILES string of the molecule is CC1CCOCCN1CCCCCO. The number of hydrogen-bond donors (Lipinski definition) is 1. The highest BCUT2D eigenvalue weighted by atomic mass is 16.5. The zero-order chi connectivity index (χ0) is 10.2. The molecule has 0 aromatic rings. The normalized spacial score (nSPS) is 24.9. The lowest BCUT2D eigenvalue weighted by molar-refractivity contribution is 0.140. The first-order chi connectivity index (χ1) is 6.84. The van der Waals surface area contributed by atoms with Gasteiger partial charge in [0.25, 0.3) is 0 Å². The van der Waals surface area contributed by atoms with Gasteiger partial charge in [-0.05, 0) is 39.2 Å². The first-order valence-corrected chi connectivity index (χ1v) is 5.77. The second-order valence-corrected chi connectivity index (χ2v) is 4.07. The monoisotopic (exact) mass is 201 g/mol. The molecular formula is C11H23NO2. The number of ether oxygens (including phenoxy) is 1. The Kier molecular flexibility index (Phi) is 6.15. The maximum atomic E-state index is 8.67. The molecule has 1 aliphatic rings. The molecule has 0 aliphatic carbocycles. The van der Waals surface area contributed by atoms with Crippen LogP contribution in [0.2, 0.25) is 0 Å². The predicted octanol–water partition coefficient (Wildman–Crippen LogP) is 1.26. The summed E-state index contributed by atoms with van der Waals surface area (Å²) >= 11 is 0. The standard InChI is InChI=1S/C11H23NO2/c1-11-5-9-14-10-7-12(11)6-3-2-4-8-13/h11,13H,2-10H2,1H3. The molecule has 0 saturated carbocycles. The third-order valence-electron chi connectivity index (χ3n) is 2.93. The highest BCUT2D eigenvalue weighted by molar-refractivity contribution is 4.69. The summed E-state index contributed by atoms with van der Waals surface area (Å²) < 4.78 is 5.44. The maximum absolute atomic E-state index is 8.67. The van der Waals surface area contributed by atoms with Crippen LogP contribution in [0.4, 0.5) is 0 Å². The smallest absolute Gasteiger partial charge is 0.0593 e. The summed E-state index contributed by atoms with van der Waals surface area (Å²) in [7, 11) is 0. The molecule has 3 heteroatoms. The van der Waals surface area contributed by atoms with Crippen LogP contribution in [0.15, 0.2) is 0 Å². The lowest BCUT2D eigenvalue weighted by Gasteiger charge is -2.25. The van der Waals surface area contributed by atoms with Crippen molar-refractivity contribution in [2.75, 3.05) is 32.9 Å². The van der Waals surface area contributed by atoms with Gasteiger partial charge in [-0.1, -0.05) is 0 Å². The summed E-state index contributed by atoms with van der Waals surface area (Å²) in [5, 5.41) is 8.67. The van der Waals surface area contributed by atoms with Gasteiger partial charge in [-0.2, -0.15) is 0 Å². The van der Waals surface area contributed by atoms with E-state index in [-0.39, 0.29) is 0 Å². The van der Waals surface area contributed by atoms with Crippen molar-refractivity contribution in [2.24, 2.45) is 0 Å². The minimum absolute atomic E-state index is 0.332. The maximum Gasteiger partial charge on any atom is 0.0593 e. The van der Waals surface area contributed by atoms with E-state index >= 15 is 0 Å². The fourth-order valence-corrected chi connectivity index (χ4v) is 1.88. The molecule has 1 unspecified atom stereocenters. The Morgan fingerprint density at radius 1 is 1.29 bits per heavy atom. The van der Waals surface area contributed by atoms with Crippen molar-refractivity contribution in [3.05, 3.63) is 0 Å². The second kappa shape index (κ2) is 7.21. The van der Waals surface area contributed by atoms with Gasteiger partial charge in [0.1, 0.15) is 0 Å². The average molecular weight is 201 g/mol. The number of unbranched alkanes of at least 4 members (excludes halogenated alkanes) is 2. The van der Waals surface area contributed by atoms with E-state index in [1.807, 2.05) is 0 Å². The summed E-state index contributed by atoms with van der Waals surface area (Å²) in [4.78, 5) is 2.50. The molecule has 0 bridgehead atoms. The van der Waals surface area contributed by atoms with Crippen LogP contribution in [0.5, 0.6) is 0 Å². The van der Waals surface area contributed by atoms with Crippen LogP contribution in [0.3, 0.4) is 0 Å². The number of nitrogens with zero attached hydrogens (tertiary/aromatic N) is 1. The second-order valence-electron chi connectivity index (χ2n) is 4.07. The first-order valence-electron chi connectivity index (χ1n) is 5.77. The molecule has 0 radical (unpaired) electrons. The van der Waals surface area contributed by atoms with E-state index < -0.39 is 0 Å². The van der Waals surface area contributed by atoms with Gasteiger partial charge in [0.15, 0.2) is 0 Å². The highest BCUT2D eigenvalue weighted by Gasteiger charge is 2.15. The van der Waals surface area contributed by atoms with E-state index in [2.05, 4.69) is 11.8 Å². The summed E-state index contributed by atoms with van der Waals surface area (Å²) in [5.41, 5.74) is 0. The molecule has 84 valence electrons. The number of aliphatic hydroxyl groups excluding tert-OH is 1. The van der Waals surface area contributed by atoms with Gasteiger partial charge >= 0.3 is 0 Å². The average Bonchev–Trinajstić information content (AvgIpc) is 2.39.